The number of ether oxygens (including phenoxy) is 1. The molecule has 0 saturated carbocycles. The van der Waals surface area contributed by atoms with E-state index in [0.29, 0.717) is 11.4 Å². The summed E-state index contributed by atoms with van der Waals surface area (Å²) in [5.41, 5.74) is 1.78. The van der Waals surface area contributed by atoms with Crippen molar-refractivity contribution in [3.8, 4) is 11.5 Å². The van der Waals surface area contributed by atoms with Crippen LogP contribution in [0.5, 0.6) is 11.5 Å². The van der Waals surface area contributed by atoms with Gasteiger partial charge < -0.3 is 14.7 Å². The van der Waals surface area contributed by atoms with Crippen LogP contribution in [0.4, 0.5) is 10.1 Å². The molecular weight excluding hydrogens is 307 g/mol. The largest absolute Gasteiger partial charge is 0.504 e. The molecule has 0 radical (unpaired) electrons. The van der Waals surface area contributed by atoms with E-state index in [9.17, 15) is 9.50 Å². The van der Waals surface area contributed by atoms with E-state index < -0.39 is 0 Å². The predicted octanol–water partition coefficient (Wildman–Crippen LogP) is 3.42. The number of hydrogen-bond acceptors (Lipinski definition) is 4. The zero-order valence-electron chi connectivity index (χ0n) is 14.1. The Morgan fingerprint density at radius 2 is 1.79 bits per heavy atom. The number of nitrogens with zero attached hydrogens (tertiary/aromatic N) is 2. The normalized spacial score (nSPS) is 16.9. The number of benzene rings is 2. The molecule has 1 fully saturated rings. The monoisotopic (exact) mass is 330 g/mol. The summed E-state index contributed by atoms with van der Waals surface area (Å²) in [6.07, 6.45) is 0. The Kier molecular flexibility index (Phi) is 4.90. The van der Waals surface area contributed by atoms with Crippen LogP contribution in [0.2, 0.25) is 0 Å². The molecule has 1 heterocycles. The Balaban J connectivity index is 1.67. The number of aromatic hydroxyl groups is 1. The van der Waals surface area contributed by atoms with Gasteiger partial charge in [-0.05, 0) is 36.8 Å². The SMILES string of the molecule is COc1cc(C(C)N2CCN(c3ccccc3F)CC2)ccc1O. The van der Waals surface area contributed by atoms with Gasteiger partial charge >= 0.3 is 0 Å². The lowest BCUT2D eigenvalue weighted by Gasteiger charge is -2.39. The molecule has 1 atom stereocenters. The van der Waals surface area contributed by atoms with Crippen molar-refractivity contribution >= 4 is 5.69 Å². The van der Waals surface area contributed by atoms with E-state index in [0.717, 1.165) is 31.7 Å². The van der Waals surface area contributed by atoms with Crippen molar-refractivity contribution in [2.75, 3.05) is 38.2 Å². The highest BCUT2D eigenvalue weighted by Crippen LogP contribution is 2.31. The van der Waals surface area contributed by atoms with Crippen LogP contribution < -0.4 is 9.64 Å². The molecule has 4 nitrogen and oxygen atoms in total. The molecule has 128 valence electrons. The lowest BCUT2D eigenvalue weighted by atomic mass is 10.0. The van der Waals surface area contributed by atoms with E-state index in [1.165, 1.54) is 6.07 Å². The van der Waals surface area contributed by atoms with Gasteiger partial charge in [0.05, 0.1) is 12.8 Å². The minimum absolute atomic E-state index is 0.151. The van der Waals surface area contributed by atoms with E-state index in [1.807, 2.05) is 24.3 Å². The van der Waals surface area contributed by atoms with Gasteiger partial charge in [-0.25, -0.2) is 4.39 Å². The van der Waals surface area contributed by atoms with Gasteiger partial charge in [0.1, 0.15) is 5.82 Å². The molecule has 5 heteroatoms. The van der Waals surface area contributed by atoms with Crippen molar-refractivity contribution in [3.63, 3.8) is 0 Å². The topological polar surface area (TPSA) is 35.9 Å². The quantitative estimate of drug-likeness (QED) is 0.932. The summed E-state index contributed by atoms with van der Waals surface area (Å²) in [4.78, 5) is 4.46. The molecule has 2 aromatic rings. The lowest BCUT2D eigenvalue weighted by Crippen LogP contribution is -2.47. The second-order valence-electron chi connectivity index (χ2n) is 6.08. The highest BCUT2D eigenvalue weighted by molar-refractivity contribution is 5.48. The number of piperazine rings is 1. The Morgan fingerprint density at radius 1 is 1.08 bits per heavy atom. The number of hydrogen-bond donors (Lipinski definition) is 1. The van der Waals surface area contributed by atoms with Gasteiger partial charge in [-0.1, -0.05) is 18.2 Å². The summed E-state index contributed by atoms with van der Waals surface area (Å²) in [5.74, 6) is 0.476. The van der Waals surface area contributed by atoms with Crippen LogP contribution >= 0.6 is 0 Å². The minimum Gasteiger partial charge on any atom is -0.504 e. The second kappa shape index (κ2) is 7.09. The fourth-order valence-electron chi connectivity index (χ4n) is 3.22. The third-order valence-corrected chi connectivity index (χ3v) is 4.74. The summed E-state index contributed by atoms with van der Waals surface area (Å²) in [6, 6.07) is 12.6. The average Bonchev–Trinajstić information content (AvgIpc) is 2.62. The van der Waals surface area contributed by atoms with Crippen molar-refractivity contribution < 1.29 is 14.2 Å². The summed E-state index contributed by atoms with van der Waals surface area (Å²) >= 11 is 0. The van der Waals surface area contributed by atoms with E-state index in [-0.39, 0.29) is 17.6 Å². The summed E-state index contributed by atoms with van der Waals surface area (Å²) < 4.78 is 19.1. The molecular formula is C19H23FN2O2. The summed E-state index contributed by atoms with van der Waals surface area (Å²) in [5, 5.41) is 9.73. The van der Waals surface area contributed by atoms with Crippen LogP contribution in [0.15, 0.2) is 42.5 Å². The standard InChI is InChI=1S/C19H23FN2O2/c1-14(15-7-8-18(23)19(13-15)24-2)21-9-11-22(12-10-21)17-6-4-3-5-16(17)20/h3-8,13-14,23H,9-12H2,1-2H3. The third-order valence-electron chi connectivity index (χ3n) is 4.74. The van der Waals surface area contributed by atoms with Gasteiger partial charge in [-0.15, -0.1) is 0 Å². The number of anilines is 1. The van der Waals surface area contributed by atoms with E-state index >= 15 is 0 Å². The number of rotatable bonds is 4. The first-order valence-electron chi connectivity index (χ1n) is 8.20. The molecule has 1 aliphatic rings. The first-order valence-corrected chi connectivity index (χ1v) is 8.20. The molecule has 1 unspecified atom stereocenters. The Hall–Kier alpha value is -2.27. The number of para-hydroxylation sites is 1. The molecule has 0 bridgehead atoms. The van der Waals surface area contributed by atoms with Crippen molar-refractivity contribution in [2.24, 2.45) is 0 Å². The Bertz CT molecular complexity index is 700. The predicted molar refractivity (Wildman–Crippen MR) is 93.3 cm³/mol. The zero-order chi connectivity index (χ0) is 17.1. The molecule has 1 aliphatic heterocycles. The second-order valence-corrected chi connectivity index (χ2v) is 6.08. The Morgan fingerprint density at radius 3 is 2.46 bits per heavy atom. The molecule has 0 spiro atoms. The maximum atomic E-state index is 13.9. The van der Waals surface area contributed by atoms with Crippen molar-refractivity contribution in [2.45, 2.75) is 13.0 Å². The molecule has 0 aliphatic carbocycles. The number of phenols is 1. The van der Waals surface area contributed by atoms with Crippen molar-refractivity contribution in [1.29, 1.82) is 0 Å². The van der Waals surface area contributed by atoms with Crippen LogP contribution in [0.3, 0.4) is 0 Å². The van der Waals surface area contributed by atoms with E-state index in [1.54, 1.807) is 19.2 Å². The summed E-state index contributed by atoms with van der Waals surface area (Å²) in [6.45, 7) is 5.45. The smallest absolute Gasteiger partial charge is 0.160 e. The molecule has 0 aromatic heterocycles. The number of halogens is 1. The van der Waals surface area contributed by atoms with Crippen LogP contribution in [0.1, 0.15) is 18.5 Å². The van der Waals surface area contributed by atoms with Crippen LogP contribution in [0, 0.1) is 5.82 Å². The van der Waals surface area contributed by atoms with Crippen molar-refractivity contribution in [1.82, 2.24) is 4.90 Å². The van der Waals surface area contributed by atoms with Gasteiger partial charge in [0, 0.05) is 32.2 Å². The van der Waals surface area contributed by atoms with Gasteiger partial charge in [0.25, 0.3) is 0 Å². The fourth-order valence-corrected chi connectivity index (χ4v) is 3.22. The number of phenolic OH excluding ortho intramolecular Hbond substituents is 1. The third kappa shape index (κ3) is 3.31. The maximum Gasteiger partial charge on any atom is 0.160 e. The van der Waals surface area contributed by atoms with Gasteiger partial charge in [0.2, 0.25) is 0 Å². The first kappa shape index (κ1) is 16.6. The van der Waals surface area contributed by atoms with Crippen molar-refractivity contribution in [3.05, 3.63) is 53.8 Å². The maximum absolute atomic E-state index is 13.9. The average molecular weight is 330 g/mol. The highest BCUT2D eigenvalue weighted by Gasteiger charge is 2.24. The first-order chi connectivity index (χ1) is 11.6. The van der Waals surface area contributed by atoms with Crippen LogP contribution in [-0.4, -0.2) is 43.3 Å². The lowest BCUT2D eigenvalue weighted by molar-refractivity contribution is 0.197. The molecule has 0 amide bonds. The zero-order valence-corrected chi connectivity index (χ0v) is 14.1. The Labute approximate surface area is 142 Å². The van der Waals surface area contributed by atoms with Gasteiger partial charge in [-0.2, -0.15) is 0 Å². The van der Waals surface area contributed by atoms with Crippen LogP contribution in [0.25, 0.3) is 0 Å². The fraction of sp³-hybridized carbons (Fsp3) is 0.368. The van der Waals surface area contributed by atoms with E-state index in [4.69, 9.17) is 4.74 Å². The molecule has 1 N–H and O–H groups in total. The molecule has 24 heavy (non-hydrogen) atoms. The molecule has 2 aromatic carbocycles. The summed E-state index contributed by atoms with van der Waals surface area (Å²) in [7, 11) is 1.55. The van der Waals surface area contributed by atoms with Gasteiger partial charge in [0.15, 0.2) is 11.5 Å². The number of methoxy groups -OCH3 is 1. The van der Waals surface area contributed by atoms with Crippen LogP contribution in [-0.2, 0) is 0 Å². The molecule has 3 rings (SSSR count). The highest BCUT2D eigenvalue weighted by atomic mass is 19.1. The molecule has 1 saturated heterocycles. The van der Waals surface area contributed by atoms with Gasteiger partial charge in [-0.3, -0.25) is 4.90 Å². The van der Waals surface area contributed by atoms with E-state index in [2.05, 4.69) is 16.7 Å². The minimum atomic E-state index is -0.165.